The molecule has 2 aromatic carbocycles. The summed E-state index contributed by atoms with van der Waals surface area (Å²) < 4.78 is 108. The number of hydrogen-bond acceptors (Lipinski definition) is 5. The number of nitrogens with zero attached hydrogens (tertiary/aromatic N) is 1. The smallest absolute Gasteiger partial charge is 0.416 e. The van der Waals surface area contributed by atoms with Gasteiger partial charge >= 0.3 is 24.3 Å². The van der Waals surface area contributed by atoms with E-state index in [1.54, 1.807) is 0 Å². The first-order chi connectivity index (χ1) is 17.4. The number of carboxylic acid groups (broad SMARTS) is 2. The van der Waals surface area contributed by atoms with Crippen molar-refractivity contribution in [2.45, 2.75) is 19.3 Å². The lowest BCUT2D eigenvalue weighted by Gasteiger charge is -2.26. The number of halogens is 6. The summed E-state index contributed by atoms with van der Waals surface area (Å²) in [5.41, 5.74) is -8.50. The Kier molecular flexibility index (Phi) is 7.04. The van der Waals surface area contributed by atoms with Crippen molar-refractivity contribution in [1.29, 1.82) is 5.26 Å². The Bertz CT molecular complexity index is 1620. The number of allylic oxidation sites excluding steroid dienone is 1. The molecule has 0 atom stereocenters. The lowest BCUT2D eigenvalue weighted by atomic mass is 9.90. The highest BCUT2D eigenvalue weighted by Gasteiger charge is 2.43. The van der Waals surface area contributed by atoms with Crippen LogP contribution in [0.1, 0.15) is 29.2 Å². The van der Waals surface area contributed by atoms with E-state index < -0.39 is 88.5 Å². The first-order valence-electron chi connectivity index (χ1n) is 10.1. The molecule has 14 heteroatoms. The molecule has 2 N–H and O–H groups in total. The molecule has 198 valence electrons. The minimum Gasteiger partial charge on any atom is -0.478 e. The summed E-state index contributed by atoms with van der Waals surface area (Å²) in [5, 5.41) is 28.9. The van der Waals surface area contributed by atoms with Gasteiger partial charge in [-0.15, -0.1) is 0 Å². The van der Waals surface area contributed by atoms with Gasteiger partial charge in [0.2, 0.25) is 9.84 Å². The third-order valence-electron chi connectivity index (χ3n) is 5.42. The molecule has 3 rings (SSSR count). The van der Waals surface area contributed by atoms with Crippen molar-refractivity contribution in [3.8, 4) is 6.07 Å². The fourth-order valence-electron chi connectivity index (χ4n) is 3.92. The molecule has 0 aromatic heterocycles. The van der Waals surface area contributed by atoms with Gasteiger partial charge in [-0.05, 0) is 47.9 Å². The highest BCUT2D eigenvalue weighted by atomic mass is 32.2. The quantitative estimate of drug-likeness (QED) is 0.297. The van der Waals surface area contributed by atoms with Crippen LogP contribution in [0, 0.1) is 11.3 Å². The predicted molar refractivity (Wildman–Crippen MR) is 119 cm³/mol. The van der Waals surface area contributed by atoms with Gasteiger partial charge in [-0.25, -0.2) is 18.0 Å². The molecule has 0 aliphatic carbocycles. The molecule has 0 saturated carbocycles. The molecule has 0 radical (unpaired) electrons. The van der Waals surface area contributed by atoms with Gasteiger partial charge in [-0.2, -0.15) is 31.6 Å². The van der Waals surface area contributed by atoms with Crippen molar-refractivity contribution in [1.82, 2.24) is 0 Å². The summed E-state index contributed by atoms with van der Waals surface area (Å²) in [5.74, 6) is -4.11. The largest absolute Gasteiger partial charge is 0.478 e. The summed E-state index contributed by atoms with van der Waals surface area (Å²) in [4.78, 5) is 21.7. The van der Waals surface area contributed by atoms with Crippen LogP contribution in [0.2, 0.25) is 0 Å². The van der Waals surface area contributed by atoms with Gasteiger partial charge in [0.1, 0.15) is 11.6 Å². The van der Waals surface area contributed by atoms with Crippen LogP contribution in [-0.2, 0) is 31.8 Å². The molecular formula is C24H13F6NO6S. The summed E-state index contributed by atoms with van der Waals surface area (Å²) in [7, 11) is -5.23. The van der Waals surface area contributed by atoms with E-state index in [1.165, 1.54) is 6.07 Å². The van der Waals surface area contributed by atoms with Gasteiger partial charge < -0.3 is 10.2 Å². The van der Waals surface area contributed by atoms with Crippen molar-refractivity contribution in [3.63, 3.8) is 0 Å². The molecular weight excluding hydrogens is 544 g/mol. The van der Waals surface area contributed by atoms with Gasteiger partial charge in [0, 0.05) is 5.57 Å². The van der Waals surface area contributed by atoms with Crippen molar-refractivity contribution in [2.75, 3.05) is 0 Å². The van der Waals surface area contributed by atoms with E-state index in [9.17, 15) is 59.8 Å². The van der Waals surface area contributed by atoms with Crippen LogP contribution in [0.3, 0.4) is 0 Å². The van der Waals surface area contributed by atoms with Crippen LogP contribution in [0.4, 0.5) is 26.3 Å². The van der Waals surface area contributed by atoms with E-state index in [2.05, 4.69) is 0 Å². The second kappa shape index (κ2) is 9.49. The second-order valence-electron chi connectivity index (χ2n) is 7.79. The monoisotopic (exact) mass is 557 g/mol. The highest BCUT2D eigenvalue weighted by molar-refractivity contribution is 8.09. The molecule has 0 bridgehead atoms. The molecule has 1 aliphatic heterocycles. The van der Waals surface area contributed by atoms with Gasteiger partial charge in [0.05, 0.1) is 26.5 Å². The van der Waals surface area contributed by atoms with E-state index in [0.29, 0.717) is 24.3 Å². The molecule has 1 aliphatic rings. The van der Waals surface area contributed by atoms with Gasteiger partial charge in [-0.3, -0.25) is 0 Å². The maximum atomic E-state index is 13.8. The maximum absolute atomic E-state index is 13.8. The highest BCUT2D eigenvalue weighted by Crippen LogP contribution is 2.48. The molecule has 0 fully saturated rings. The minimum absolute atomic E-state index is 0.296. The number of aliphatic carboxylic acids is 2. The normalized spacial score (nSPS) is 17.2. The zero-order chi connectivity index (χ0) is 28.8. The first-order valence-corrected chi connectivity index (χ1v) is 11.6. The molecule has 7 nitrogen and oxygen atoms in total. The molecule has 0 saturated heterocycles. The van der Waals surface area contributed by atoms with Gasteiger partial charge in [0.15, 0.2) is 0 Å². The number of rotatable bonds is 4. The van der Waals surface area contributed by atoms with Crippen molar-refractivity contribution in [3.05, 3.63) is 93.1 Å². The number of carboxylic acids is 2. The van der Waals surface area contributed by atoms with Crippen molar-refractivity contribution >= 4 is 31.6 Å². The lowest BCUT2D eigenvalue weighted by Crippen LogP contribution is -2.23. The summed E-state index contributed by atoms with van der Waals surface area (Å²) in [6, 6.07) is 6.40. The van der Waals surface area contributed by atoms with E-state index in [-0.39, 0.29) is 0 Å². The molecule has 1 heterocycles. The Hall–Kier alpha value is -4.38. The summed E-state index contributed by atoms with van der Waals surface area (Å²) >= 11 is 0. The number of carbonyl (C=O) groups is 2. The summed E-state index contributed by atoms with van der Waals surface area (Å²) in [6.07, 6.45) is -9.96. The number of sulfone groups is 1. The second-order valence-corrected chi connectivity index (χ2v) is 9.61. The molecule has 0 amide bonds. The molecule has 38 heavy (non-hydrogen) atoms. The van der Waals surface area contributed by atoms with Crippen molar-refractivity contribution in [2.24, 2.45) is 0 Å². The number of benzene rings is 2. The van der Waals surface area contributed by atoms with E-state index in [0.717, 1.165) is 31.2 Å². The Morgan fingerprint density at radius 2 is 1.29 bits per heavy atom. The van der Waals surface area contributed by atoms with Crippen LogP contribution < -0.4 is 0 Å². The summed E-state index contributed by atoms with van der Waals surface area (Å²) in [6.45, 7) is 0.884. The van der Waals surface area contributed by atoms with Crippen LogP contribution in [-0.4, -0.2) is 30.6 Å². The number of hydrogen-bond donors (Lipinski definition) is 2. The Morgan fingerprint density at radius 1 is 0.842 bits per heavy atom. The van der Waals surface area contributed by atoms with Gasteiger partial charge in [0.25, 0.3) is 0 Å². The van der Waals surface area contributed by atoms with E-state index in [1.807, 2.05) is 0 Å². The molecule has 2 aromatic rings. The Morgan fingerprint density at radius 3 is 1.66 bits per heavy atom. The number of nitriles is 1. The third kappa shape index (κ3) is 4.92. The topological polar surface area (TPSA) is 133 Å². The van der Waals surface area contributed by atoms with Crippen LogP contribution >= 0.6 is 0 Å². The SMILES string of the molecule is CC1=C(c2cccc(C(F)(F)F)c2)S(=O)(=O)C(c2cccc(C(F)(F)F)c2)=C(C(=O)O)/C1=C(/C#N)C(=O)O. The Balaban J connectivity index is 2.60. The maximum Gasteiger partial charge on any atom is 0.416 e. The lowest BCUT2D eigenvalue weighted by molar-refractivity contribution is -0.138. The average molecular weight is 557 g/mol. The van der Waals surface area contributed by atoms with Gasteiger partial charge in [-0.1, -0.05) is 24.3 Å². The van der Waals surface area contributed by atoms with E-state index in [4.69, 9.17) is 0 Å². The van der Waals surface area contributed by atoms with Crippen molar-refractivity contribution < 1.29 is 54.6 Å². The van der Waals surface area contributed by atoms with Crippen LogP contribution in [0.25, 0.3) is 9.81 Å². The molecule has 0 spiro atoms. The fourth-order valence-corrected chi connectivity index (χ4v) is 5.97. The number of alkyl halides is 6. The standard InChI is InChI=1S/C24H13F6NO6S/c1-11-17(16(10-31)21(32)33)18(22(34)35)20(13-5-3-7-15(9-13)24(28,29)30)38(36,37)19(11)12-4-2-6-14(8-12)23(25,26)27/h2-9H,1H3,(H,32,33)(H,34,35)/b17-16-. The zero-order valence-electron chi connectivity index (χ0n) is 18.8. The third-order valence-corrected chi connectivity index (χ3v) is 7.48. The predicted octanol–water partition coefficient (Wildman–Crippen LogP) is 5.28. The first kappa shape index (κ1) is 28.2. The zero-order valence-corrected chi connectivity index (χ0v) is 19.6. The van der Waals surface area contributed by atoms with Crippen LogP contribution in [0.5, 0.6) is 0 Å². The van der Waals surface area contributed by atoms with Crippen LogP contribution in [0.15, 0.2) is 70.8 Å². The Labute approximate surface area is 210 Å². The molecule has 0 unspecified atom stereocenters. The fraction of sp³-hybridized carbons (Fsp3) is 0.125. The minimum atomic E-state index is -5.23. The van der Waals surface area contributed by atoms with E-state index >= 15 is 0 Å². The average Bonchev–Trinajstić information content (AvgIpc) is 2.79.